The molecule has 3 atom stereocenters. The summed E-state index contributed by atoms with van der Waals surface area (Å²) >= 11 is 0. The van der Waals surface area contributed by atoms with Crippen molar-refractivity contribution < 1.29 is 17.9 Å². The van der Waals surface area contributed by atoms with Gasteiger partial charge in [-0.05, 0) is 49.5 Å². The molecular weight excluding hydrogens is 417 g/mol. The molecule has 0 spiro atoms. The summed E-state index contributed by atoms with van der Waals surface area (Å²) in [5.74, 6) is 1.64. The summed E-state index contributed by atoms with van der Waals surface area (Å²) in [6, 6.07) is 9.96. The summed E-state index contributed by atoms with van der Waals surface area (Å²) in [4.78, 5) is 2.55. The van der Waals surface area contributed by atoms with Crippen LogP contribution in [-0.4, -0.2) is 54.0 Å². The number of halogens is 3. The van der Waals surface area contributed by atoms with Gasteiger partial charge < -0.3 is 15.0 Å². The first-order valence-corrected chi connectivity index (χ1v) is 11.5. The van der Waals surface area contributed by atoms with Gasteiger partial charge in [0.25, 0.3) is 0 Å². The molecule has 1 aromatic carbocycles. The quantitative estimate of drug-likeness (QED) is 0.721. The van der Waals surface area contributed by atoms with E-state index < -0.39 is 11.7 Å². The molecule has 1 aromatic heterocycles. The molecule has 5 rings (SSSR count). The second kappa shape index (κ2) is 8.98. The van der Waals surface area contributed by atoms with Crippen LogP contribution in [0.1, 0.15) is 31.2 Å². The number of ether oxygens (including phenoxy) is 1. The van der Waals surface area contributed by atoms with E-state index in [9.17, 15) is 13.2 Å². The van der Waals surface area contributed by atoms with Gasteiger partial charge in [0, 0.05) is 44.5 Å². The largest absolute Gasteiger partial charge is 0.420 e. The van der Waals surface area contributed by atoms with E-state index in [1.165, 1.54) is 0 Å². The number of aromatic nitrogens is 2. The number of fused-ring (bicyclic) bond motifs is 1. The summed E-state index contributed by atoms with van der Waals surface area (Å²) in [7, 11) is 0. The fourth-order valence-electron chi connectivity index (χ4n) is 5.62. The molecule has 0 amide bonds. The van der Waals surface area contributed by atoms with Crippen LogP contribution in [0.5, 0.6) is 0 Å². The van der Waals surface area contributed by atoms with E-state index in [1.807, 2.05) is 6.07 Å². The highest BCUT2D eigenvalue weighted by Crippen LogP contribution is 2.41. The molecule has 32 heavy (non-hydrogen) atoms. The smallest absolute Gasteiger partial charge is 0.381 e. The molecule has 1 aliphatic carbocycles. The third kappa shape index (κ3) is 4.76. The number of hydrogen-bond acceptors (Lipinski definition) is 5. The number of rotatable bonds is 5. The van der Waals surface area contributed by atoms with Gasteiger partial charge in [0.1, 0.15) is 5.56 Å². The summed E-state index contributed by atoms with van der Waals surface area (Å²) < 4.78 is 46.9. The molecule has 2 aliphatic heterocycles. The molecule has 1 unspecified atom stereocenters. The van der Waals surface area contributed by atoms with Gasteiger partial charge in [0.05, 0.1) is 5.69 Å². The van der Waals surface area contributed by atoms with Crippen LogP contribution < -0.4 is 5.32 Å². The number of nitrogens with one attached hydrogen (secondary N) is 1. The number of alkyl halides is 3. The van der Waals surface area contributed by atoms with Crippen molar-refractivity contribution in [1.29, 1.82) is 0 Å². The maximum atomic E-state index is 13.8. The lowest BCUT2D eigenvalue weighted by molar-refractivity contribution is -0.137. The van der Waals surface area contributed by atoms with E-state index in [0.717, 1.165) is 64.6 Å². The lowest BCUT2D eigenvalue weighted by Crippen LogP contribution is -2.32. The second-order valence-corrected chi connectivity index (χ2v) is 9.46. The van der Waals surface area contributed by atoms with Gasteiger partial charge in [-0.25, -0.2) is 0 Å². The van der Waals surface area contributed by atoms with Crippen molar-refractivity contribution in [3.8, 4) is 11.3 Å². The summed E-state index contributed by atoms with van der Waals surface area (Å²) in [6.07, 6.45) is -0.457. The molecule has 3 fully saturated rings. The van der Waals surface area contributed by atoms with Gasteiger partial charge in [-0.3, -0.25) is 0 Å². The van der Waals surface area contributed by atoms with E-state index in [0.29, 0.717) is 23.3 Å². The van der Waals surface area contributed by atoms with Crippen molar-refractivity contribution in [1.82, 2.24) is 15.1 Å². The van der Waals surface area contributed by atoms with Crippen LogP contribution in [0, 0.1) is 17.8 Å². The third-order valence-corrected chi connectivity index (χ3v) is 7.19. The van der Waals surface area contributed by atoms with Crippen molar-refractivity contribution in [2.24, 2.45) is 17.8 Å². The number of benzene rings is 1. The Morgan fingerprint density at radius 2 is 1.69 bits per heavy atom. The standard InChI is InChI=1S/C24H29F3N4O/c25-24(26,27)21-12-22(17-4-2-1-3-5-17)29-30-23(21)28-20-10-18-14-31(15-19(18)11-20)13-16-6-8-32-9-7-16/h1-5,12,16,18-20H,6-11,13-15H2,(H,28,30)/t18-,19+,20?. The van der Waals surface area contributed by atoms with Crippen molar-refractivity contribution in [3.63, 3.8) is 0 Å². The van der Waals surface area contributed by atoms with Gasteiger partial charge in [0.2, 0.25) is 0 Å². The molecule has 172 valence electrons. The Balaban J connectivity index is 1.23. The normalized spacial score (nSPS) is 26.9. The van der Waals surface area contributed by atoms with Gasteiger partial charge in [-0.1, -0.05) is 30.3 Å². The van der Waals surface area contributed by atoms with Crippen molar-refractivity contribution in [3.05, 3.63) is 42.0 Å². The summed E-state index contributed by atoms with van der Waals surface area (Å²) in [5, 5.41) is 11.1. The maximum Gasteiger partial charge on any atom is 0.420 e. The number of anilines is 1. The van der Waals surface area contributed by atoms with Crippen LogP contribution in [0.2, 0.25) is 0 Å². The first-order valence-electron chi connectivity index (χ1n) is 11.5. The van der Waals surface area contributed by atoms with E-state index in [4.69, 9.17) is 4.74 Å². The minimum atomic E-state index is -4.49. The Hall–Kier alpha value is -2.19. The van der Waals surface area contributed by atoms with Crippen LogP contribution in [-0.2, 0) is 10.9 Å². The molecule has 3 aliphatic rings. The van der Waals surface area contributed by atoms with Gasteiger partial charge in [0.15, 0.2) is 5.82 Å². The minimum absolute atomic E-state index is 0.00760. The predicted octanol–water partition coefficient (Wildman–Crippen LogP) is 4.71. The first-order chi connectivity index (χ1) is 15.5. The lowest BCUT2D eigenvalue weighted by Gasteiger charge is -2.28. The van der Waals surface area contributed by atoms with Crippen LogP contribution in [0.3, 0.4) is 0 Å². The molecule has 8 heteroatoms. The van der Waals surface area contributed by atoms with E-state index in [-0.39, 0.29) is 17.6 Å². The highest BCUT2D eigenvalue weighted by Gasteiger charge is 2.42. The van der Waals surface area contributed by atoms with E-state index >= 15 is 0 Å². The van der Waals surface area contributed by atoms with Gasteiger partial charge in [-0.2, -0.15) is 13.2 Å². The van der Waals surface area contributed by atoms with Crippen LogP contribution in [0.25, 0.3) is 11.3 Å². The highest BCUT2D eigenvalue weighted by atomic mass is 19.4. The number of nitrogens with zero attached hydrogens (tertiary/aromatic N) is 3. The zero-order chi connectivity index (χ0) is 22.1. The topological polar surface area (TPSA) is 50.3 Å². The Morgan fingerprint density at radius 3 is 2.34 bits per heavy atom. The summed E-state index contributed by atoms with van der Waals surface area (Å²) in [5.41, 5.74) is 0.108. The molecule has 3 heterocycles. The Morgan fingerprint density at radius 1 is 1.00 bits per heavy atom. The average Bonchev–Trinajstić information content (AvgIpc) is 3.32. The SMILES string of the molecule is FC(F)(F)c1cc(-c2ccccc2)nnc1NC1C[C@@H]2CN(CC3CCOCC3)C[C@@H]2C1. The van der Waals surface area contributed by atoms with Crippen molar-refractivity contribution in [2.75, 3.05) is 38.2 Å². The summed E-state index contributed by atoms with van der Waals surface area (Å²) in [6.45, 7) is 4.95. The van der Waals surface area contributed by atoms with Crippen LogP contribution in [0.4, 0.5) is 19.0 Å². The fourth-order valence-corrected chi connectivity index (χ4v) is 5.62. The Labute approximate surface area is 186 Å². The molecule has 1 saturated carbocycles. The van der Waals surface area contributed by atoms with E-state index in [2.05, 4.69) is 20.4 Å². The lowest BCUT2D eigenvalue weighted by atomic mass is 10.00. The molecule has 0 bridgehead atoms. The predicted molar refractivity (Wildman–Crippen MR) is 116 cm³/mol. The zero-order valence-corrected chi connectivity index (χ0v) is 18.0. The van der Waals surface area contributed by atoms with Crippen LogP contribution >= 0.6 is 0 Å². The van der Waals surface area contributed by atoms with Crippen molar-refractivity contribution >= 4 is 5.82 Å². The molecule has 0 radical (unpaired) electrons. The molecule has 1 N–H and O–H groups in total. The van der Waals surface area contributed by atoms with E-state index in [1.54, 1.807) is 24.3 Å². The second-order valence-electron chi connectivity index (χ2n) is 9.46. The molecule has 2 saturated heterocycles. The molecular formula is C24H29F3N4O. The maximum absolute atomic E-state index is 13.8. The number of hydrogen-bond donors (Lipinski definition) is 1. The van der Waals surface area contributed by atoms with Gasteiger partial charge >= 0.3 is 6.18 Å². The Bertz CT molecular complexity index is 903. The molecule has 5 nitrogen and oxygen atoms in total. The molecule has 2 aromatic rings. The third-order valence-electron chi connectivity index (χ3n) is 7.19. The monoisotopic (exact) mass is 446 g/mol. The Kier molecular flexibility index (Phi) is 6.07. The average molecular weight is 447 g/mol. The zero-order valence-electron chi connectivity index (χ0n) is 18.0. The fraction of sp³-hybridized carbons (Fsp3) is 0.583. The van der Waals surface area contributed by atoms with Gasteiger partial charge in [-0.15, -0.1) is 10.2 Å². The minimum Gasteiger partial charge on any atom is -0.381 e. The highest BCUT2D eigenvalue weighted by molar-refractivity contribution is 5.62. The van der Waals surface area contributed by atoms with Crippen molar-refractivity contribution in [2.45, 2.75) is 37.9 Å². The van der Waals surface area contributed by atoms with Crippen LogP contribution in [0.15, 0.2) is 36.4 Å². The first kappa shape index (κ1) is 21.6. The number of likely N-dealkylation sites (tertiary alicyclic amines) is 1.